The van der Waals surface area contributed by atoms with Crippen molar-refractivity contribution in [1.29, 1.82) is 15.8 Å². The van der Waals surface area contributed by atoms with Crippen LogP contribution in [0.4, 0.5) is 25.8 Å². The van der Waals surface area contributed by atoms with Crippen LogP contribution in [0.25, 0.3) is 33.4 Å². The third-order valence-corrected chi connectivity index (χ3v) is 20.6. The quantitative estimate of drug-likeness (QED) is 0.0439. The van der Waals surface area contributed by atoms with Crippen LogP contribution in [0, 0.1) is 63.6 Å². The second kappa shape index (κ2) is 32.8. The molecular formula is C80H81F2N13O11. The van der Waals surface area contributed by atoms with E-state index in [9.17, 15) is 48.5 Å². The summed E-state index contributed by atoms with van der Waals surface area (Å²) in [5, 5.41) is 67.8. The molecule has 3 aliphatic carbocycles. The summed E-state index contributed by atoms with van der Waals surface area (Å²) in [4.78, 5) is 64.0. The molecule has 106 heavy (non-hydrogen) atoms. The lowest BCUT2D eigenvalue weighted by Gasteiger charge is -2.34. The summed E-state index contributed by atoms with van der Waals surface area (Å²) in [6, 6.07) is 44.9. The van der Waals surface area contributed by atoms with Crippen molar-refractivity contribution in [3.8, 4) is 68.8 Å². The summed E-state index contributed by atoms with van der Waals surface area (Å²) in [5.74, 6) is 1.49. The van der Waals surface area contributed by atoms with Crippen molar-refractivity contribution in [2.24, 2.45) is 43.7 Å². The standard InChI is InChI=1S/2C28H28FN5O4.C24H25N3O3/c2*1-33-14-20(13-31-33)22-11-23(22)28(37)32-21-4-2-3-17(10-21)18-5-6-25(19(9-18)12-30)38-26-7-8-34(15-24(26)29)27(36)16-35;25-12-17-10-16(4-5-22(17)30-19-6-8-29-9-7-19)15-2-1-3-18(11-15)27-24(28)23-20-13-26-14-21(20)23/h2*2-6,9-10,13-14,22-24,26,35H,7-8,11,15-16H2,1H3,(H,32,37);1-5,10-11,19-21,23,26H,6-9,13-14H2,(H,27,28)/t22-,23+,24+,26-;22-,23+,24-,26+;20-,21+,23?/m01./s1. The third kappa shape index (κ3) is 17.4. The Morgan fingerprint density at radius 2 is 0.925 bits per heavy atom. The number of likely N-dealkylation sites (tertiary alicyclic amines) is 2. The van der Waals surface area contributed by atoms with Crippen molar-refractivity contribution in [3.63, 3.8) is 0 Å². The molecule has 0 bridgehead atoms. The first-order valence-electron chi connectivity index (χ1n) is 35.6. The Morgan fingerprint density at radius 3 is 1.29 bits per heavy atom. The number of nitrogens with one attached hydrogen (secondary N) is 4. The molecule has 6 N–H and O–H groups in total. The number of hydrogen-bond donors (Lipinski definition) is 6. The smallest absolute Gasteiger partial charge is 0.248 e. The number of aliphatic hydroxyl groups is 2. The Hall–Kier alpha value is -11.3. The largest absolute Gasteiger partial charge is 0.489 e. The molecule has 6 heterocycles. The zero-order valence-corrected chi connectivity index (χ0v) is 58.5. The van der Waals surface area contributed by atoms with E-state index in [4.69, 9.17) is 29.2 Å². The van der Waals surface area contributed by atoms with Gasteiger partial charge in [0.05, 0.1) is 55.4 Å². The first-order chi connectivity index (χ1) is 51.4. The number of aliphatic hydroxyl groups excluding tert-OH is 2. The van der Waals surface area contributed by atoms with Crippen LogP contribution in [0.3, 0.4) is 0 Å². The van der Waals surface area contributed by atoms with Gasteiger partial charge in [0.15, 0.2) is 12.3 Å². The van der Waals surface area contributed by atoms with Crippen LogP contribution in [-0.2, 0) is 42.8 Å². The van der Waals surface area contributed by atoms with Gasteiger partial charge < -0.3 is 60.2 Å². The number of fused-ring (bicyclic) bond motifs is 1. The van der Waals surface area contributed by atoms with E-state index >= 15 is 0 Å². The number of amides is 5. The lowest BCUT2D eigenvalue weighted by atomic mass is 10.0. The first kappa shape index (κ1) is 73.0. The number of hydrogen-bond acceptors (Lipinski definition) is 17. The molecule has 1 unspecified atom stereocenters. The highest BCUT2D eigenvalue weighted by Crippen LogP contribution is 2.51. The van der Waals surface area contributed by atoms with Crippen LogP contribution >= 0.6 is 0 Å². The molecule has 6 aromatic carbocycles. The highest BCUT2D eigenvalue weighted by Gasteiger charge is 2.57. The van der Waals surface area contributed by atoms with E-state index < -0.39 is 49.6 Å². The highest BCUT2D eigenvalue weighted by atomic mass is 19.1. The van der Waals surface area contributed by atoms with Crippen molar-refractivity contribution >= 4 is 46.6 Å². The molecule has 26 heteroatoms. The second-order valence-electron chi connectivity index (χ2n) is 27.8. The minimum absolute atomic E-state index is 0.0371. The first-order valence-corrected chi connectivity index (χ1v) is 35.6. The van der Waals surface area contributed by atoms with E-state index in [1.165, 1.54) is 9.80 Å². The minimum atomic E-state index is -1.44. The van der Waals surface area contributed by atoms with Crippen LogP contribution in [0.1, 0.15) is 78.2 Å². The molecule has 8 aromatic rings. The second-order valence-corrected chi connectivity index (χ2v) is 27.8. The Labute approximate surface area is 611 Å². The number of anilines is 3. The predicted octanol–water partition coefficient (Wildman–Crippen LogP) is 9.21. The number of nitriles is 3. The number of piperidine rings is 3. The Morgan fingerprint density at radius 1 is 0.538 bits per heavy atom. The zero-order valence-electron chi connectivity index (χ0n) is 58.5. The lowest BCUT2D eigenvalue weighted by molar-refractivity contribution is -0.138. The molecule has 3 saturated carbocycles. The van der Waals surface area contributed by atoms with E-state index in [1.807, 2.05) is 117 Å². The van der Waals surface area contributed by atoms with Crippen LogP contribution in [0.5, 0.6) is 17.2 Å². The van der Waals surface area contributed by atoms with Crippen molar-refractivity contribution in [3.05, 3.63) is 180 Å². The highest BCUT2D eigenvalue weighted by molar-refractivity contribution is 5.97. The zero-order chi connectivity index (χ0) is 74.1. The molecule has 11 atom stereocenters. The molecule has 4 aliphatic heterocycles. The van der Waals surface area contributed by atoms with Crippen molar-refractivity contribution < 1.29 is 61.9 Å². The van der Waals surface area contributed by atoms with Gasteiger partial charge in [-0.05, 0) is 167 Å². The average molecular weight is 1440 g/mol. The fourth-order valence-electron chi connectivity index (χ4n) is 14.5. The summed E-state index contributed by atoms with van der Waals surface area (Å²) in [7, 11) is 3.71. The number of carbonyl (C=O) groups is 5. The van der Waals surface area contributed by atoms with Gasteiger partial charge in [0.25, 0.3) is 0 Å². The number of nitrogens with zero attached hydrogens (tertiary/aromatic N) is 9. The maximum atomic E-state index is 14.7. The summed E-state index contributed by atoms with van der Waals surface area (Å²) < 4.78 is 55.9. The minimum Gasteiger partial charge on any atom is -0.489 e. The van der Waals surface area contributed by atoms with E-state index in [0.717, 1.165) is 89.0 Å². The average Bonchev–Trinajstić information content (AvgIpc) is 1.59. The molecule has 546 valence electrons. The third-order valence-electron chi connectivity index (χ3n) is 20.6. The van der Waals surface area contributed by atoms with Crippen molar-refractivity contribution in [2.45, 2.75) is 81.0 Å². The van der Waals surface area contributed by atoms with Crippen LogP contribution < -0.4 is 35.5 Å². The molecule has 2 aromatic heterocycles. The molecule has 7 aliphatic rings. The van der Waals surface area contributed by atoms with Gasteiger partial charge in [-0.1, -0.05) is 54.6 Å². The summed E-state index contributed by atoms with van der Waals surface area (Å²) >= 11 is 0. The van der Waals surface area contributed by atoms with Crippen LogP contribution in [0.2, 0.25) is 0 Å². The predicted molar refractivity (Wildman–Crippen MR) is 387 cm³/mol. The van der Waals surface area contributed by atoms with Crippen molar-refractivity contribution in [1.82, 2.24) is 34.7 Å². The number of aromatic nitrogens is 4. The van der Waals surface area contributed by atoms with Gasteiger partial charge in [-0.25, -0.2) is 8.78 Å². The molecule has 0 radical (unpaired) electrons. The Bertz CT molecular complexity index is 4490. The number of alkyl halides is 2. The molecule has 7 fully saturated rings. The fraction of sp³-hybridized carbons (Fsp3) is 0.375. The van der Waals surface area contributed by atoms with Gasteiger partial charge in [-0.2, -0.15) is 26.0 Å². The van der Waals surface area contributed by atoms with Gasteiger partial charge in [0.1, 0.15) is 67.0 Å². The molecule has 5 amide bonds. The van der Waals surface area contributed by atoms with E-state index in [0.29, 0.717) is 47.7 Å². The molecular weight excluding hydrogens is 1360 g/mol. The number of ether oxygens (including phenoxy) is 4. The number of halogens is 2. The summed E-state index contributed by atoms with van der Waals surface area (Å²) in [5.41, 5.74) is 10.3. The maximum Gasteiger partial charge on any atom is 0.248 e. The van der Waals surface area contributed by atoms with Crippen LogP contribution in [-0.4, -0.2) is 165 Å². The monoisotopic (exact) mass is 1440 g/mol. The summed E-state index contributed by atoms with van der Waals surface area (Å²) in [6.07, 6.45) is 6.87. The molecule has 0 spiro atoms. The van der Waals surface area contributed by atoms with E-state index in [2.05, 4.69) is 49.7 Å². The van der Waals surface area contributed by atoms with Gasteiger partial charge in [-0.3, -0.25) is 33.3 Å². The Kier molecular flexibility index (Phi) is 22.6. The van der Waals surface area contributed by atoms with Gasteiger partial charge in [0, 0.05) is 100 Å². The van der Waals surface area contributed by atoms with Crippen LogP contribution in [0.15, 0.2) is 152 Å². The number of benzene rings is 6. The van der Waals surface area contributed by atoms with Gasteiger partial charge in [-0.15, -0.1) is 0 Å². The molecule has 15 rings (SSSR count). The number of carbonyl (C=O) groups excluding carboxylic acids is 5. The normalized spacial score (nSPS) is 23.2. The lowest BCUT2D eigenvalue weighted by Crippen LogP contribution is -2.50. The maximum absolute atomic E-state index is 14.7. The topological polar surface area (TPSA) is 324 Å². The van der Waals surface area contributed by atoms with Crippen molar-refractivity contribution in [2.75, 3.05) is 81.6 Å². The molecule has 24 nitrogen and oxygen atoms in total. The van der Waals surface area contributed by atoms with Gasteiger partial charge in [0.2, 0.25) is 29.5 Å². The number of aryl methyl sites for hydroxylation is 2. The Balaban J connectivity index is 0.000000142. The fourth-order valence-corrected chi connectivity index (χ4v) is 14.5. The number of rotatable bonds is 19. The van der Waals surface area contributed by atoms with E-state index in [1.54, 1.807) is 58.2 Å². The SMILES string of the molecule is Cn1cc([C@@H]2C[C@H]2C(=O)Nc2cccc(-c3ccc(O[C@H]4CCN(C(=O)CO)C[C@H]4F)c(C#N)c3)c2)cn1.Cn1cc([C@H]2C[C@@H]2C(=O)Nc2cccc(-c3ccc(O[C@H]4CCN(C(=O)CO)C[C@H]4F)c(C#N)c3)c2)cn1.N#Cc1cc(-c2cccc(NC(=O)C3[C@H]4CNC[C@@H]34)c2)ccc1OC1CCOCC1. The summed E-state index contributed by atoms with van der Waals surface area (Å²) in [6.45, 7) is 2.19. The molecule has 4 saturated heterocycles. The van der Waals surface area contributed by atoms with Gasteiger partial charge >= 0.3 is 0 Å². The van der Waals surface area contributed by atoms with E-state index in [-0.39, 0.29) is 115 Å².